The quantitative estimate of drug-likeness (QED) is 0.617. The molecule has 0 bridgehead atoms. The van der Waals surface area contributed by atoms with Crippen LogP contribution in [0.4, 0.5) is 13.2 Å². The minimum atomic E-state index is -1.05. The lowest BCUT2D eigenvalue weighted by Gasteiger charge is -2.28. The summed E-state index contributed by atoms with van der Waals surface area (Å²) in [5.41, 5.74) is 6.85. The highest BCUT2D eigenvalue weighted by atomic mass is 19.2. The number of ether oxygens (including phenoxy) is 2. The van der Waals surface area contributed by atoms with Crippen LogP contribution in [-0.2, 0) is 6.61 Å². The number of hydrogen-bond donors (Lipinski definition) is 1. The molecule has 0 aliphatic carbocycles. The van der Waals surface area contributed by atoms with Gasteiger partial charge in [0.05, 0.1) is 12.0 Å². The number of carbonyl (C=O) groups is 2. The van der Waals surface area contributed by atoms with Crippen LogP contribution in [0.1, 0.15) is 49.9 Å². The van der Waals surface area contributed by atoms with E-state index in [1.807, 2.05) is 0 Å². The first-order valence-electron chi connectivity index (χ1n) is 9.74. The van der Waals surface area contributed by atoms with Gasteiger partial charge in [0.1, 0.15) is 18.5 Å². The molecule has 0 spiro atoms. The van der Waals surface area contributed by atoms with Gasteiger partial charge in [0.2, 0.25) is 5.91 Å². The van der Waals surface area contributed by atoms with Gasteiger partial charge in [0.15, 0.2) is 29.0 Å². The molecule has 3 aromatic carbocycles. The Morgan fingerprint density at radius 2 is 1.78 bits per heavy atom. The molecule has 164 valence electrons. The summed E-state index contributed by atoms with van der Waals surface area (Å²) in [5, 5.41) is 0. The number of fused-ring (bicyclic) bond motifs is 1. The van der Waals surface area contributed by atoms with E-state index in [-0.39, 0.29) is 41.4 Å². The molecular formula is C24H18F3NO4. The summed E-state index contributed by atoms with van der Waals surface area (Å²) in [6.07, 6.45) is -0.980. The fourth-order valence-corrected chi connectivity index (χ4v) is 3.56. The maximum absolute atomic E-state index is 14.7. The fourth-order valence-electron chi connectivity index (χ4n) is 3.56. The molecule has 0 radical (unpaired) electrons. The molecule has 1 atom stereocenters. The van der Waals surface area contributed by atoms with Crippen molar-refractivity contribution in [2.75, 3.05) is 0 Å². The van der Waals surface area contributed by atoms with E-state index in [0.717, 1.165) is 18.2 Å². The largest absolute Gasteiger partial charge is 0.485 e. The lowest BCUT2D eigenvalue weighted by atomic mass is 9.94. The molecule has 2 N–H and O–H groups in total. The van der Waals surface area contributed by atoms with E-state index in [2.05, 4.69) is 0 Å². The second-order valence-corrected chi connectivity index (χ2v) is 7.45. The van der Waals surface area contributed by atoms with Gasteiger partial charge in [-0.2, -0.15) is 0 Å². The van der Waals surface area contributed by atoms with Crippen LogP contribution in [0.2, 0.25) is 0 Å². The molecule has 3 aromatic rings. The zero-order valence-electron chi connectivity index (χ0n) is 17.0. The monoisotopic (exact) mass is 441 g/mol. The van der Waals surface area contributed by atoms with E-state index in [0.29, 0.717) is 16.7 Å². The minimum absolute atomic E-state index is 0.00383. The second kappa shape index (κ2) is 8.37. The standard InChI is InChI=1S/C24H18F3NO4/c1-12-22-16(20(29)10-21(32-22)15-6-7-17(25)18(26)8-15)9-19(27)23(12)31-11-13-2-4-14(5-3-13)24(28)30/h2-9,21H,10-11H2,1H3,(H2,28,30). The second-order valence-electron chi connectivity index (χ2n) is 7.45. The van der Waals surface area contributed by atoms with E-state index >= 15 is 0 Å². The van der Waals surface area contributed by atoms with Crippen molar-refractivity contribution in [3.05, 3.63) is 93.8 Å². The van der Waals surface area contributed by atoms with E-state index in [1.165, 1.54) is 18.2 Å². The number of Topliss-reactive ketones (excluding diaryl/α,β-unsaturated/α-hetero) is 1. The number of ketones is 1. The topological polar surface area (TPSA) is 78.6 Å². The Kier molecular flexibility index (Phi) is 5.61. The Labute approximate surface area is 181 Å². The molecule has 32 heavy (non-hydrogen) atoms. The predicted octanol–water partition coefficient (Wildman–Crippen LogP) is 4.80. The molecule has 8 heteroatoms. The number of carbonyl (C=O) groups excluding carboxylic acids is 2. The number of nitrogens with two attached hydrogens (primary N) is 1. The van der Waals surface area contributed by atoms with E-state index < -0.39 is 29.5 Å². The molecule has 1 heterocycles. The predicted molar refractivity (Wildman–Crippen MR) is 109 cm³/mol. The lowest BCUT2D eigenvalue weighted by Crippen LogP contribution is -2.22. The van der Waals surface area contributed by atoms with Gasteiger partial charge < -0.3 is 15.2 Å². The van der Waals surface area contributed by atoms with Crippen LogP contribution in [0.25, 0.3) is 0 Å². The van der Waals surface area contributed by atoms with Crippen LogP contribution in [0.5, 0.6) is 11.5 Å². The zero-order valence-corrected chi connectivity index (χ0v) is 17.0. The molecule has 1 amide bonds. The third-order valence-corrected chi connectivity index (χ3v) is 5.28. The summed E-state index contributed by atoms with van der Waals surface area (Å²) in [6.45, 7) is 1.55. The van der Waals surface area contributed by atoms with Crippen LogP contribution in [0, 0.1) is 24.4 Å². The smallest absolute Gasteiger partial charge is 0.248 e. The van der Waals surface area contributed by atoms with Gasteiger partial charge in [-0.15, -0.1) is 0 Å². The first-order chi connectivity index (χ1) is 15.2. The SMILES string of the molecule is Cc1c(OCc2ccc(C(N)=O)cc2)c(F)cc2c1OC(c1ccc(F)c(F)c1)CC2=O. The van der Waals surface area contributed by atoms with Crippen molar-refractivity contribution < 1.29 is 32.2 Å². The normalized spacial score (nSPS) is 15.1. The highest BCUT2D eigenvalue weighted by molar-refractivity contribution is 6.00. The lowest BCUT2D eigenvalue weighted by molar-refractivity contribution is 0.0844. The molecule has 1 aliphatic rings. The molecule has 1 aliphatic heterocycles. The van der Waals surface area contributed by atoms with Crippen molar-refractivity contribution in [1.82, 2.24) is 0 Å². The highest BCUT2D eigenvalue weighted by Gasteiger charge is 2.32. The average molecular weight is 441 g/mol. The van der Waals surface area contributed by atoms with Gasteiger partial charge in [-0.1, -0.05) is 18.2 Å². The van der Waals surface area contributed by atoms with Gasteiger partial charge in [-0.25, -0.2) is 13.2 Å². The van der Waals surface area contributed by atoms with Crippen molar-refractivity contribution in [3.8, 4) is 11.5 Å². The third kappa shape index (κ3) is 4.03. The number of amides is 1. The van der Waals surface area contributed by atoms with E-state index in [4.69, 9.17) is 15.2 Å². The third-order valence-electron chi connectivity index (χ3n) is 5.28. The summed E-state index contributed by atoms with van der Waals surface area (Å²) >= 11 is 0. The number of hydrogen-bond acceptors (Lipinski definition) is 4. The molecule has 0 saturated carbocycles. The molecule has 1 unspecified atom stereocenters. The van der Waals surface area contributed by atoms with E-state index in [9.17, 15) is 22.8 Å². The summed E-state index contributed by atoms with van der Waals surface area (Å²) in [5.74, 6) is -3.68. The van der Waals surface area contributed by atoms with Crippen molar-refractivity contribution >= 4 is 11.7 Å². The maximum Gasteiger partial charge on any atom is 0.248 e. The van der Waals surface area contributed by atoms with Crippen molar-refractivity contribution in [1.29, 1.82) is 0 Å². The zero-order chi connectivity index (χ0) is 23.0. The van der Waals surface area contributed by atoms with Crippen LogP contribution in [0.15, 0.2) is 48.5 Å². The van der Waals surface area contributed by atoms with Gasteiger partial charge >= 0.3 is 0 Å². The minimum Gasteiger partial charge on any atom is -0.485 e. The maximum atomic E-state index is 14.7. The van der Waals surface area contributed by atoms with Crippen LogP contribution in [-0.4, -0.2) is 11.7 Å². The average Bonchev–Trinajstić information content (AvgIpc) is 2.76. The van der Waals surface area contributed by atoms with Crippen LogP contribution in [0.3, 0.4) is 0 Å². The Hall–Kier alpha value is -3.81. The van der Waals surface area contributed by atoms with Crippen molar-refractivity contribution in [2.24, 2.45) is 5.73 Å². The van der Waals surface area contributed by atoms with Crippen LogP contribution < -0.4 is 15.2 Å². The number of benzene rings is 3. The van der Waals surface area contributed by atoms with E-state index in [1.54, 1.807) is 19.1 Å². The summed E-state index contributed by atoms with van der Waals surface area (Å²) in [6, 6.07) is 10.7. The highest BCUT2D eigenvalue weighted by Crippen LogP contribution is 2.42. The molecule has 0 fully saturated rings. The molecule has 0 aromatic heterocycles. The number of halogens is 3. The molecule has 4 rings (SSSR count). The Morgan fingerprint density at radius 1 is 1.06 bits per heavy atom. The Morgan fingerprint density at radius 3 is 2.44 bits per heavy atom. The first-order valence-corrected chi connectivity index (χ1v) is 9.74. The number of rotatable bonds is 5. The summed E-state index contributed by atoms with van der Waals surface area (Å²) in [7, 11) is 0. The fraction of sp³-hybridized carbons (Fsp3) is 0.167. The Bertz CT molecular complexity index is 1220. The molecule has 0 saturated heterocycles. The van der Waals surface area contributed by atoms with Gasteiger partial charge in [0, 0.05) is 11.1 Å². The first kappa shape index (κ1) is 21.4. The molecule has 5 nitrogen and oxygen atoms in total. The summed E-state index contributed by atoms with van der Waals surface area (Å²) < 4.78 is 53.2. The summed E-state index contributed by atoms with van der Waals surface area (Å²) in [4.78, 5) is 23.8. The number of primary amides is 1. The molecular weight excluding hydrogens is 423 g/mol. The van der Waals surface area contributed by atoms with Crippen LogP contribution >= 0.6 is 0 Å². The Balaban J connectivity index is 1.61. The van der Waals surface area contributed by atoms with Crippen molar-refractivity contribution in [3.63, 3.8) is 0 Å². The van der Waals surface area contributed by atoms with Crippen molar-refractivity contribution in [2.45, 2.75) is 26.1 Å². The van der Waals surface area contributed by atoms with Gasteiger partial charge in [-0.05, 0) is 48.4 Å². The van der Waals surface area contributed by atoms with Gasteiger partial charge in [0.25, 0.3) is 0 Å². The van der Waals surface area contributed by atoms with Gasteiger partial charge in [-0.3, -0.25) is 9.59 Å².